The second-order valence-corrected chi connectivity index (χ2v) is 7.33. The van der Waals surface area contributed by atoms with Gasteiger partial charge < -0.3 is 14.5 Å². The first-order chi connectivity index (χ1) is 14.0. The number of hydrogen-bond acceptors (Lipinski definition) is 5. The molecule has 7 nitrogen and oxygen atoms in total. The Kier molecular flexibility index (Phi) is 5.15. The summed E-state index contributed by atoms with van der Waals surface area (Å²) in [7, 11) is 0. The predicted molar refractivity (Wildman–Crippen MR) is 108 cm³/mol. The van der Waals surface area contributed by atoms with Crippen LogP contribution in [0.5, 0.6) is 5.75 Å². The minimum Gasteiger partial charge on any atom is -0.482 e. The number of nitrogens with one attached hydrogen (secondary N) is 1. The molecule has 0 unspecified atom stereocenters. The van der Waals surface area contributed by atoms with E-state index in [1.165, 1.54) is 0 Å². The van der Waals surface area contributed by atoms with Crippen LogP contribution in [0.15, 0.2) is 48.7 Å². The molecular weight excluding hydrogens is 396 g/mol. The lowest BCUT2D eigenvalue weighted by Gasteiger charge is -2.34. The first kappa shape index (κ1) is 19.3. The fraction of sp³-hybridized carbons (Fsp3) is 0.286. The van der Waals surface area contributed by atoms with Crippen molar-refractivity contribution in [3.63, 3.8) is 0 Å². The van der Waals surface area contributed by atoms with Gasteiger partial charge in [0.25, 0.3) is 6.04 Å². The summed E-state index contributed by atoms with van der Waals surface area (Å²) < 4.78 is 10.9. The van der Waals surface area contributed by atoms with Crippen LogP contribution >= 0.6 is 11.6 Å². The summed E-state index contributed by atoms with van der Waals surface area (Å²) in [5.74, 6) is -0.681. The molecule has 3 aromatic rings. The Bertz CT molecular complexity index is 1080. The summed E-state index contributed by atoms with van der Waals surface area (Å²) in [6.07, 6.45) is 0.611. The van der Waals surface area contributed by atoms with Crippen LogP contribution in [0.4, 0.5) is 0 Å². The van der Waals surface area contributed by atoms with Crippen LogP contribution < -0.4 is 4.74 Å². The van der Waals surface area contributed by atoms with Gasteiger partial charge >= 0.3 is 5.97 Å². The molecule has 0 spiro atoms. The number of aromatic amines is 1. The fourth-order valence-electron chi connectivity index (χ4n) is 4.01. The van der Waals surface area contributed by atoms with E-state index in [2.05, 4.69) is 4.98 Å². The molecule has 150 valence electrons. The molecule has 29 heavy (non-hydrogen) atoms. The highest BCUT2D eigenvalue weighted by Crippen LogP contribution is 2.45. The molecule has 1 aliphatic heterocycles. The Morgan fingerprint density at radius 1 is 1.28 bits per heavy atom. The quantitative estimate of drug-likeness (QED) is 0.381. The maximum absolute atomic E-state index is 12.2. The van der Waals surface area contributed by atoms with Crippen LogP contribution in [0.1, 0.15) is 30.4 Å². The Balaban J connectivity index is 1.88. The molecule has 2 aromatic carbocycles. The van der Waals surface area contributed by atoms with Crippen molar-refractivity contribution < 1.29 is 19.2 Å². The van der Waals surface area contributed by atoms with E-state index in [0.717, 1.165) is 16.5 Å². The van der Waals surface area contributed by atoms with Crippen LogP contribution in [-0.2, 0) is 9.53 Å². The first-order valence-corrected chi connectivity index (χ1v) is 9.68. The Hall–Kier alpha value is -3.06. The number of para-hydroxylation sites is 1. The minimum atomic E-state index is -1.18. The zero-order valence-corrected chi connectivity index (χ0v) is 16.4. The van der Waals surface area contributed by atoms with E-state index in [4.69, 9.17) is 21.1 Å². The third-order valence-corrected chi connectivity index (χ3v) is 5.42. The van der Waals surface area contributed by atoms with Gasteiger partial charge in [0, 0.05) is 32.6 Å². The zero-order chi connectivity index (χ0) is 20.5. The van der Waals surface area contributed by atoms with E-state index in [1.54, 1.807) is 31.3 Å². The van der Waals surface area contributed by atoms with Crippen LogP contribution in [0, 0.1) is 10.1 Å². The molecular formula is C21H19ClN2O5. The summed E-state index contributed by atoms with van der Waals surface area (Å²) in [5, 5.41) is 13.5. The van der Waals surface area contributed by atoms with Gasteiger partial charge in [0.2, 0.25) is 0 Å². The van der Waals surface area contributed by atoms with Crippen LogP contribution in [0.25, 0.3) is 10.9 Å². The van der Waals surface area contributed by atoms with Gasteiger partial charge in [-0.15, -0.1) is 0 Å². The highest BCUT2D eigenvalue weighted by molar-refractivity contribution is 6.30. The number of H-pyrrole nitrogens is 1. The van der Waals surface area contributed by atoms with Crippen molar-refractivity contribution >= 4 is 28.5 Å². The highest BCUT2D eigenvalue weighted by atomic mass is 35.5. The number of hydrogen-bond donors (Lipinski definition) is 1. The second kappa shape index (κ2) is 7.75. The number of aromatic nitrogens is 1. The van der Waals surface area contributed by atoms with E-state index in [1.807, 2.05) is 24.3 Å². The molecule has 0 aliphatic carbocycles. The summed E-state index contributed by atoms with van der Waals surface area (Å²) in [6, 6.07) is 11.5. The second-order valence-electron chi connectivity index (χ2n) is 6.89. The number of esters is 1. The number of carbonyl (C=O) groups is 1. The van der Waals surface area contributed by atoms with Crippen molar-refractivity contribution in [3.05, 3.63) is 74.9 Å². The van der Waals surface area contributed by atoms with Gasteiger partial charge in [0.05, 0.1) is 18.9 Å². The number of ether oxygens (including phenoxy) is 2. The third-order valence-electron chi connectivity index (χ3n) is 5.18. The number of rotatable bonds is 5. The number of fused-ring (bicyclic) bond motifs is 2. The summed E-state index contributed by atoms with van der Waals surface area (Å²) in [6.45, 7) is 1.89. The lowest BCUT2D eigenvalue weighted by Crippen LogP contribution is -2.47. The van der Waals surface area contributed by atoms with Crippen molar-refractivity contribution in [1.29, 1.82) is 0 Å². The molecule has 0 fully saturated rings. The molecule has 0 saturated carbocycles. The van der Waals surface area contributed by atoms with Gasteiger partial charge in [0.15, 0.2) is 6.10 Å². The number of carbonyl (C=O) groups excluding carboxylic acids is 1. The summed E-state index contributed by atoms with van der Waals surface area (Å²) >= 11 is 6.20. The van der Waals surface area contributed by atoms with E-state index < -0.39 is 24.0 Å². The molecule has 0 bridgehead atoms. The van der Waals surface area contributed by atoms with E-state index in [-0.39, 0.29) is 18.0 Å². The monoisotopic (exact) mass is 414 g/mol. The Morgan fingerprint density at radius 3 is 2.83 bits per heavy atom. The standard InChI is InChI=1S/C21H19ClN2O5/c1-2-28-19(25)10-18-21(24(26)27)20(14-9-12(22)7-8-17(14)29-18)15-11-23-16-6-4-3-5-13(15)16/h3-9,11,18,20-21,23H,2,10H2,1H3/t18-,20+,21-/m0/s1. The van der Waals surface area contributed by atoms with Gasteiger partial charge in [-0.25, -0.2) is 0 Å². The molecule has 3 atom stereocenters. The number of nitrogens with zero attached hydrogens (tertiary/aromatic N) is 1. The lowest BCUT2D eigenvalue weighted by molar-refractivity contribution is -0.537. The van der Waals surface area contributed by atoms with Crippen molar-refractivity contribution in [2.75, 3.05) is 6.61 Å². The summed E-state index contributed by atoms with van der Waals surface area (Å²) in [5.41, 5.74) is 2.27. The third kappa shape index (κ3) is 3.53. The largest absolute Gasteiger partial charge is 0.482 e. The SMILES string of the molecule is CCOC(=O)C[C@@H]1Oc2ccc(Cl)cc2[C@H](c2c[nH]c3ccccc23)[C@H]1[N+](=O)[O-]. The van der Waals surface area contributed by atoms with Gasteiger partial charge in [0.1, 0.15) is 5.75 Å². The van der Waals surface area contributed by atoms with Crippen molar-refractivity contribution in [2.45, 2.75) is 31.4 Å². The molecule has 0 radical (unpaired) electrons. The molecule has 0 amide bonds. The Labute approximate surface area is 171 Å². The van der Waals surface area contributed by atoms with Gasteiger partial charge in [-0.05, 0) is 36.8 Å². The molecule has 1 aliphatic rings. The molecule has 0 saturated heterocycles. The zero-order valence-electron chi connectivity index (χ0n) is 15.6. The molecule has 1 N–H and O–H groups in total. The van der Waals surface area contributed by atoms with Crippen LogP contribution in [0.3, 0.4) is 0 Å². The number of benzene rings is 2. The Morgan fingerprint density at radius 2 is 2.07 bits per heavy atom. The van der Waals surface area contributed by atoms with Crippen LogP contribution in [0.2, 0.25) is 5.02 Å². The molecule has 2 heterocycles. The van der Waals surface area contributed by atoms with E-state index >= 15 is 0 Å². The van der Waals surface area contributed by atoms with E-state index in [0.29, 0.717) is 16.3 Å². The molecule has 1 aromatic heterocycles. The maximum atomic E-state index is 12.2. The lowest BCUT2D eigenvalue weighted by atomic mass is 9.79. The first-order valence-electron chi connectivity index (χ1n) is 9.30. The predicted octanol–water partition coefficient (Wildman–Crippen LogP) is 4.31. The van der Waals surface area contributed by atoms with Gasteiger partial charge in [-0.3, -0.25) is 14.9 Å². The van der Waals surface area contributed by atoms with Gasteiger partial charge in [-0.2, -0.15) is 0 Å². The summed E-state index contributed by atoms with van der Waals surface area (Å²) in [4.78, 5) is 27.1. The number of halogens is 1. The average Bonchev–Trinajstić information content (AvgIpc) is 3.11. The number of nitro groups is 1. The van der Waals surface area contributed by atoms with Crippen LogP contribution in [-0.4, -0.2) is 34.6 Å². The normalized spacial score (nSPS) is 20.7. The van der Waals surface area contributed by atoms with E-state index in [9.17, 15) is 14.9 Å². The fourth-order valence-corrected chi connectivity index (χ4v) is 4.19. The highest BCUT2D eigenvalue weighted by Gasteiger charge is 2.49. The smallest absolute Gasteiger partial charge is 0.309 e. The molecule has 8 heteroatoms. The maximum Gasteiger partial charge on any atom is 0.309 e. The van der Waals surface area contributed by atoms with Crippen molar-refractivity contribution in [3.8, 4) is 5.75 Å². The molecule has 4 rings (SSSR count). The average molecular weight is 415 g/mol. The van der Waals surface area contributed by atoms with Crippen molar-refractivity contribution in [1.82, 2.24) is 4.98 Å². The minimum absolute atomic E-state index is 0.201. The van der Waals surface area contributed by atoms with Gasteiger partial charge in [-0.1, -0.05) is 29.8 Å². The topological polar surface area (TPSA) is 94.5 Å². The van der Waals surface area contributed by atoms with Crippen molar-refractivity contribution in [2.24, 2.45) is 0 Å².